The first-order chi connectivity index (χ1) is 7.94. The van der Waals surface area contributed by atoms with E-state index in [1.54, 1.807) is 0 Å². The zero-order valence-electron chi connectivity index (χ0n) is 11.1. The first-order valence-corrected chi connectivity index (χ1v) is 6.09. The number of benzene rings is 1. The summed E-state index contributed by atoms with van der Waals surface area (Å²) in [5.41, 5.74) is 1.53. The van der Waals surface area contributed by atoms with E-state index in [9.17, 15) is 4.79 Å². The smallest absolute Gasteiger partial charge is 0.253 e. The van der Waals surface area contributed by atoms with Gasteiger partial charge in [0, 0.05) is 17.8 Å². The maximum atomic E-state index is 12.0. The van der Waals surface area contributed by atoms with Gasteiger partial charge in [0.2, 0.25) is 0 Å². The summed E-state index contributed by atoms with van der Waals surface area (Å²) in [6.07, 6.45) is 0.945. The van der Waals surface area contributed by atoms with E-state index in [0.717, 1.165) is 12.1 Å². The summed E-state index contributed by atoms with van der Waals surface area (Å²) in [7, 11) is 0. The summed E-state index contributed by atoms with van der Waals surface area (Å²) in [5, 5.41) is 6.24. The second-order valence-electron chi connectivity index (χ2n) is 5.18. The van der Waals surface area contributed by atoms with Gasteiger partial charge in [-0.25, -0.2) is 0 Å². The monoisotopic (exact) mass is 234 g/mol. The summed E-state index contributed by atoms with van der Waals surface area (Å²) in [6.45, 7) is 8.98. The second-order valence-corrected chi connectivity index (χ2v) is 5.18. The highest BCUT2D eigenvalue weighted by atomic mass is 16.1. The molecule has 0 aliphatic heterocycles. The van der Waals surface area contributed by atoms with Crippen LogP contribution in [-0.4, -0.2) is 18.0 Å². The lowest BCUT2D eigenvalue weighted by Crippen LogP contribution is -2.30. The molecule has 0 aromatic heterocycles. The van der Waals surface area contributed by atoms with Crippen LogP contribution in [0.3, 0.4) is 0 Å². The first-order valence-electron chi connectivity index (χ1n) is 6.09. The van der Waals surface area contributed by atoms with Gasteiger partial charge in [-0.3, -0.25) is 4.79 Å². The molecule has 0 heterocycles. The van der Waals surface area contributed by atoms with Crippen molar-refractivity contribution in [3.05, 3.63) is 29.8 Å². The van der Waals surface area contributed by atoms with Gasteiger partial charge in [-0.1, -0.05) is 19.1 Å². The molecule has 2 N–H and O–H groups in total. The van der Waals surface area contributed by atoms with E-state index in [0.29, 0.717) is 12.1 Å². The van der Waals surface area contributed by atoms with Crippen molar-refractivity contribution in [2.24, 2.45) is 0 Å². The molecule has 0 fully saturated rings. The SMILES string of the molecule is CCCNC(=O)c1ccccc1NC(C)(C)C. The van der Waals surface area contributed by atoms with Crippen LogP contribution in [0.2, 0.25) is 0 Å². The number of rotatable bonds is 4. The Bertz CT molecular complexity index is 380. The Morgan fingerprint density at radius 2 is 1.88 bits per heavy atom. The quantitative estimate of drug-likeness (QED) is 0.840. The summed E-state index contributed by atoms with van der Waals surface area (Å²) < 4.78 is 0. The van der Waals surface area contributed by atoms with Crippen molar-refractivity contribution >= 4 is 11.6 Å². The number of carbonyl (C=O) groups excluding carboxylic acids is 1. The predicted molar refractivity (Wildman–Crippen MR) is 72.4 cm³/mol. The molecule has 0 unspecified atom stereocenters. The van der Waals surface area contributed by atoms with Gasteiger partial charge in [-0.05, 0) is 39.3 Å². The molecule has 94 valence electrons. The van der Waals surface area contributed by atoms with Crippen LogP contribution >= 0.6 is 0 Å². The third kappa shape index (κ3) is 4.47. The third-order valence-electron chi connectivity index (χ3n) is 2.22. The Morgan fingerprint density at radius 1 is 1.24 bits per heavy atom. The Balaban J connectivity index is 2.88. The second kappa shape index (κ2) is 5.71. The van der Waals surface area contributed by atoms with Crippen LogP contribution in [-0.2, 0) is 0 Å². The van der Waals surface area contributed by atoms with Crippen LogP contribution in [0.1, 0.15) is 44.5 Å². The fraction of sp³-hybridized carbons (Fsp3) is 0.500. The minimum Gasteiger partial charge on any atom is -0.380 e. The van der Waals surface area contributed by atoms with Crippen molar-refractivity contribution in [1.82, 2.24) is 5.32 Å². The fourth-order valence-corrected chi connectivity index (χ4v) is 1.53. The number of anilines is 1. The van der Waals surface area contributed by atoms with Gasteiger partial charge in [0.25, 0.3) is 5.91 Å². The van der Waals surface area contributed by atoms with E-state index in [-0.39, 0.29) is 11.4 Å². The molecule has 1 rings (SSSR count). The van der Waals surface area contributed by atoms with Crippen molar-refractivity contribution in [2.75, 3.05) is 11.9 Å². The van der Waals surface area contributed by atoms with Gasteiger partial charge < -0.3 is 10.6 Å². The van der Waals surface area contributed by atoms with Gasteiger partial charge in [-0.2, -0.15) is 0 Å². The summed E-state index contributed by atoms with van der Waals surface area (Å²) >= 11 is 0. The largest absolute Gasteiger partial charge is 0.380 e. The maximum absolute atomic E-state index is 12.0. The highest BCUT2D eigenvalue weighted by molar-refractivity contribution is 5.99. The van der Waals surface area contributed by atoms with Crippen LogP contribution in [0, 0.1) is 0 Å². The Morgan fingerprint density at radius 3 is 2.47 bits per heavy atom. The van der Waals surface area contributed by atoms with E-state index >= 15 is 0 Å². The molecule has 0 aliphatic carbocycles. The average Bonchev–Trinajstić information content (AvgIpc) is 2.24. The topological polar surface area (TPSA) is 41.1 Å². The average molecular weight is 234 g/mol. The van der Waals surface area contributed by atoms with Crippen molar-refractivity contribution in [1.29, 1.82) is 0 Å². The molecule has 1 aromatic carbocycles. The molecule has 0 aliphatic rings. The fourth-order valence-electron chi connectivity index (χ4n) is 1.53. The number of nitrogens with one attached hydrogen (secondary N) is 2. The molecule has 0 bridgehead atoms. The number of hydrogen-bond acceptors (Lipinski definition) is 2. The molecule has 3 heteroatoms. The van der Waals surface area contributed by atoms with Crippen molar-refractivity contribution in [3.63, 3.8) is 0 Å². The molecule has 1 amide bonds. The molecule has 3 nitrogen and oxygen atoms in total. The number of amides is 1. The zero-order chi connectivity index (χ0) is 12.9. The lowest BCUT2D eigenvalue weighted by atomic mass is 10.1. The molecular formula is C14H22N2O. The summed E-state index contributed by atoms with van der Waals surface area (Å²) in [6, 6.07) is 7.60. The molecule has 1 aromatic rings. The third-order valence-corrected chi connectivity index (χ3v) is 2.22. The minimum atomic E-state index is -0.0544. The van der Waals surface area contributed by atoms with E-state index in [1.807, 2.05) is 31.2 Å². The molecule has 0 spiro atoms. The highest BCUT2D eigenvalue weighted by Crippen LogP contribution is 2.19. The minimum absolute atomic E-state index is 0.0146. The summed E-state index contributed by atoms with van der Waals surface area (Å²) in [5.74, 6) is -0.0146. The van der Waals surface area contributed by atoms with Crippen LogP contribution in [0.5, 0.6) is 0 Å². The van der Waals surface area contributed by atoms with Crippen LogP contribution in [0.4, 0.5) is 5.69 Å². The Hall–Kier alpha value is -1.51. The van der Waals surface area contributed by atoms with Gasteiger partial charge in [0.15, 0.2) is 0 Å². The maximum Gasteiger partial charge on any atom is 0.253 e. The highest BCUT2D eigenvalue weighted by Gasteiger charge is 2.15. The van der Waals surface area contributed by atoms with E-state index in [2.05, 4.69) is 31.4 Å². The lowest BCUT2D eigenvalue weighted by molar-refractivity contribution is 0.0954. The molecule has 17 heavy (non-hydrogen) atoms. The normalized spacial score (nSPS) is 11.1. The first kappa shape index (κ1) is 13.6. The number of carbonyl (C=O) groups is 1. The van der Waals surface area contributed by atoms with E-state index < -0.39 is 0 Å². The van der Waals surface area contributed by atoms with Crippen molar-refractivity contribution in [3.8, 4) is 0 Å². The van der Waals surface area contributed by atoms with Crippen LogP contribution in [0.25, 0.3) is 0 Å². The van der Waals surface area contributed by atoms with Crippen LogP contribution < -0.4 is 10.6 Å². The Labute approximate surface area is 104 Å². The molecule has 0 atom stereocenters. The number of hydrogen-bond donors (Lipinski definition) is 2. The van der Waals surface area contributed by atoms with Gasteiger partial charge in [0.05, 0.1) is 5.56 Å². The zero-order valence-corrected chi connectivity index (χ0v) is 11.1. The summed E-state index contributed by atoms with van der Waals surface area (Å²) in [4.78, 5) is 12.0. The van der Waals surface area contributed by atoms with E-state index in [1.165, 1.54) is 0 Å². The van der Waals surface area contributed by atoms with Crippen molar-refractivity contribution < 1.29 is 4.79 Å². The van der Waals surface area contributed by atoms with E-state index in [4.69, 9.17) is 0 Å². The van der Waals surface area contributed by atoms with Gasteiger partial charge in [0.1, 0.15) is 0 Å². The Kier molecular flexibility index (Phi) is 4.55. The predicted octanol–water partition coefficient (Wildman–Crippen LogP) is 3.04. The van der Waals surface area contributed by atoms with Crippen LogP contribution in [0.15, 0.2) is 24.3 Å². The van der Waals surface area contributed by atoms with Gasteiger partial charge >= 0.3 is 0 Å². The molecule has 0 saturated carbocycles. The molecule has 0 saturated heterocycles. The number of para-hydroxylation sites is 1. The molecular weight excluding hydrogens is 212 g/mol. The van der Waals surface area contributed by atoms with Crippen molar-refractivity contribution in [2.45, 2.75) is 39.7 Å². The molecule has 0 radical (unpaired) electrons. The standard InChI is InChI=1S/C14H22N2O/c1-5-10-15-13(17)11-8-6-7-9-12(11)16-14(2,3)4/h6-9,16H,5,10H2,1-4H3,(H,15,17). The lowest BCUT2D eigenvalue weighted by Gasteiger charge is -2.23. The van der Waals surface area contributed by atoms with Gasteiger partial charge in [-0.15, -0.1) is 0 Å².